The number of carbonyl (C=O) groups is 1. The number of ether oxygens (including phenoxy) is 1. The summed E-state index contributed by atoms with van der Waals surface area (Å²) in [7, 11) is 0. The summed E-state index contributed by atoms with van der Waals surface area (Å²) < 4.78 is 11.0. The molecule has 1 N–H and O–H groups in total. The molecule has 6 heteroatoms. The zero-order valence-electron chi connectivity index (χ0n) is 13.2. The molecule has 0 saturated carbocycles. The number of oxazole rings is 1. The predicted octanol–water partition coefficient (Wildman–Crippen LogP) is 4.24. The number of hydrogen-bond donors (Lipinski definition) is 1. The molecule has 3 aromatic rings. The second-order valence-corrected chi connectivity index (χ2v) is 6.06. The van der Waals surface area contributed by atoms with E-state index in [1.165, 1.54) is 0 Å². The highest BCUT2D eigenvalue weighted by atomic mass is 16.6. The Morgan fingerprint density at radius 2 is 1.91 bits per heavy atom. The monoisotopic (exact) mass is 311 g/mol. The van der Waals surface area contributed by atoms with E-state index >= 15 is 0 Å². The maximum Gasteiger partial charge on any atom is 0.412 e. The normalized spacial score (nSPS) is 11.4. The standard InChI is InChI=1S/C17H17N3O3/c1-17(2,3)23-16(21)19-12-4-5-13-14(10-12)22-15(20-13)11-6-8-18-9-7-11/h4-10H,1-3H3,(H,19,21). The lowest BCUT2D eigenvalue weighted by molar-refractivity contribution is 0.0636. The molecule has 6 nitrogen and oxygen atoms in total. The minimum atomic E-state index is -0.547. The summed E-state index contributed by atoms with van der Waals surface area (Å²) >= 11 is 0. The van der Waals surface area contributed by atoms with Gasteiger partial charge in [-0.2, -0.15) is 0 Å². The van der Waals surface area contributed by atoms with Crippen molar-refractivity contribution in [3.05, 3.63) is 42.7 Å². The van der Waals surface area contributed by atoms with Gasteiger partial charge in [0.2, 0.25) is 5.89 Å². The average Bonchev–Trinajstić information content (AvgIpc) is 2.89. The fourth-order valence-corrected chi connectivity index (χ4v) is 2.04. The second kappa shape index (κ2) is 5.72. The van der Waals surface area contributed by atoms with E-state index in [1.807, 2.05) is 32.9 Å². The molecule has 23 heavy (non-hydrogen) atoms. The predicted molar refractivity (Wildman–Crippen MR) is 87.1 cm³/mol. The number of amides is 1. The highest BCUT2D eigenvalue weighted by Crippen LogP contribution is 2.26. The number of nitrogens with one attached hydrogen (secondary N) is 1. The van der Waals surface area contributed by atoms with E-state index in [0.717, 1.165) is 5.56 Å². The summed E-state index contributed by atoms with van der Waals surface area (Å²) in [5, 5.41) is 2.68. The molecule has 0 atom stereocenters. The first kappa shape index (κ1) is 15.0. The molecule has 118 valence electrons. The van der Waals surface area contributed by atoms with Gasteiger partial charge in [0.15, 0.2) is 5.58 Å². The van der Waals surface area contributed by atoms with Crippen molar-refractivity contribution in [1.29, 1.82) is 0 Å². The number of rotatable bonds is 2. The second-order valence-electron chi connectivity index (χ2n) is 6.06. The van der Waals surface area contributed by atoms with Gasteiger partial charge in [-0.3, -0.25) is 10.3 Å². The first-order valence-corrected chi connectivity index (χ1v) is 7.22. The number of hydrogen-bond acceptors (Lipinski definition) is 5. The summed E-state index contributed by atoms with van der Waals surface area (Å²) in [5.41, 5.74) is 2.19. The van der Waals surface area contributed by atoms with Crippen LogP contribution in [-0.2, 0) is 4.74 Å². The summed E-state index contributed by atoms with van der Waals surface area (Å²) in [6, 6.07) is 8.91. The van der Waals surface area contributed by atoms with Gasteiger partial charge in [0.25, 0.3) is 0 Å². The third-order valence-corrected chi connectivity index (χ3v) is 2.96. The smallest absolute Gasteiger partial charge is 0.412 e. The fourth-order valence-electron chi connectivity index (χ4n) is 2.04. The van der Waals surface area contributed by atoms with Crippen molar-refractivity contribution >= 4 is 22.9 Å². The van der Waals surface area contributed by atoms with Gasteiger partial charge in [-0.1, -0.05) is 0 Å². The van der Waals surface area contributed by atoms with Gasteiger partial charge in [0, 0.05) is 29.7 Å². The lowest BCUT2D eigenvalue weighted by Crippen LogP contribution is -2.27. The van der Waals surface area contributed by atoms with Gasteiger partial charge in [-0.15, -0.1) is 0 Å². The van der Waals surface area contributed by atoms with Crippen molar-refractivity contribution in [2.24, 2.45) is 0 Å². The summed E-state index contributed by atoms with van der Waals surface area (Å²) in [4.78, 5) is 20.2. The van der Waals surface area contributed by atoms with E-state index in [0.29, 0.717) is 22.7 Å². The van der Waals surface area contributed by atoms with Crippen LogP contribution in [0.1, 0.15) is 20.8 Å². The van der Waals surface area contributed by atoms with Crippen LogP contribution >= 0.6 is 0 Å². The molecule has 2 aromatic heterocycles. The molecule has 0 unspecified atom stereocenters. The molecule has 0 saturated heterocycles. The van der Waals surface area contributed by atoms with Gasteiger partial charge in [-0.25, -0.2) is 9.78 Å². The van der Waals surface area contributed by atoms with E-state index < -0.39 is 11.7 Å². The van der Waals surface area contributed by atoms with E-state index in [9.17, 15) is 4.79 Å². The molecule has 0 aliphatic carbocycles. The summed E-state index contributed by atoms with van der Waals surface area (Å²) in [6.45, 7) is 5.44. The molecule has 0 aliphatic heterocycles. The van der Waals surface area contributed by atoms with Crippen molar-refractivity contribution in [3.63, 3.8) is 0 Å². The van der Waals surface area contributed by atoms with Crippen LogP contribution in [0, 0.1) is 0 Å². The molecular formula is C17H17N3O3. The Hall–Kier alpha value is -2.89. The number of benzene rings is 1. The van der Waals surface area contributed by atoms with Crippen molar-refractivity contribution in [2.45, 2.75) is 26.4 Å². The first-order valence-electron chi connectivity index (χ1n) is 7.22. The van der Waals surface area contributed by atoms with Crippen molar-refractivity contribution in [2.75, 3.05) is 5.32 Å². The zero-order valence-corrected chi connectivity index (χ0v) is 13.2. The summed E-state index contributed by atoms with van der Waals surface area (Å²) in [5.74, 6) is 0.511. The molecule has 0 aliphatic rings. The lowest BCUT2D eigenvalue weighted by atomic mass is 10.2. The van der Waals surface area contributed by atoms with Gasteiger partial charge in [-0.05, 0) is 45.0 Å². The molecule has 1 amide bonds. The van der Waals surface area contributed by atoms with Crippen LogP contribution in [0.15, 0.2) is 47.1 Å². The SMILES string of the molecule is CC(C)(C)OC(=O)Nc1ccc2nc(-c3ccncc3)oc2c1. The topological polar surface area (TPSA) is 77.2 Å². The number of anilines is 1. The van der Waals surface area contributed by atoms with Crippen LogP contribution in [0.4, 0.5) is 10.5 Å². The Morgan fingerprint density at radius 3 is 2.61 bits per heavy atom. The van der Waals surface area contributed by atoms with E-state index in [1.54, 1.807) is 30.6 Å². The Bertz CT molecular complexity index is 835. The number of carbonyl (C=O) groups excluding carboxylic acids is 1. The Labute approximate surface area is 133 Å². The third-order valence-electron chi connectivity index (χ3n) is 2.96. The van der Waals surface area contributed by atoms with Crippen LogP contribution in [0.5, 0.6) is 0 Å². The van der Waals surface area contributed by atoms with Crippen LogP contribution in [0.2, 0.25) is 0 Å². The maximum absolute atomic E-state index is 11.8. The zero-order chi connectivity index (χ0) is 16.4. The Kier molecular flexibility index (Phi) is 3.73. The van der Waals surface area contributed by atoms with Gasteiger partial charge in [0.05, 0.1) is 0 Å². The molecule has 0 fully saturated rings. The van der Waals surface area contributed by atoms with Crippen LogP contribution in [-0.4, -0.2) is 21.7 Å². The maximum atomic E-state index is 11.8. The minimum Gasteiger partial charge on any atom is -0.444 e. The molecule has 2 heterocycles. The number of nitrogens with zero attached hydrogens (tertiary/aromatic N) is 2. The van der Waals surface area contributed by atoms with Crippen molar-refractivity contribution in [1.82, 2.24) is 9.97 Å². The van der Waals surface area contributed by atoms with Gasteiger partial charge in [0.1, 0.15) is 11.1 Å². The van der Waals surface area contributed by atoms with Crippen LogP contribution in [0.3, 0.4) is 0 Å². The highest BCUT2D eigenvalue weighted by molar-refractivity contribution is 5.88. The van der Waals surface area contributed by atoms with Gasteiger partial charge < -0.3 is 9.15 Å². The molecule has 1 aromatic carbocycles. The van der Waals surface area contributed by atoms with Gasteiger partial charge >= 0.3 is 6.09 Å². The average molecular weight is 311 g/mol. The lowest BCUT2D eigenvalue weighted by Gasteiger charge is -2.19. The highest BCUT2D eigenvalue weighted by Gasteiger charge is 2.16. The van der Waals surface area contributed by atoms with E-state index in [-0.39, 0.29) is 0 Å². The number of pyridine rings is 1. The summed E-state index contributed by atoms with van der Waals surface area (Å²) in [6.07, 6.45) is 2.85. The molecular weight excluding hydrogens is 294 g/mol. The van der Waals surface area contributed by atoms with E-state index in [2.05, 4.69) is 15.3 Å². The van der Waals surface area contributed by atoms with Crippen molar-refractivity contribution in [3.8, 4) is 11.5 Å². The molecule has 3 rings (SSSR count). The minimum absolute atomic E-state index is 0.509. The quantitative estimate of drug-likeness (QED) is 0.766. The molecule has 0 spiro atoms. The number of aromatic nitrogens is 2. The molecule has 0 radical (unpaired) electrons. The Morgan fingerprint density at radius 1 is 1.17 bits per heavy atom. The largest absolute Gasteiger partial charge is 0.444 e. The molecule has 0 bridgehead atoms. The van der Waals surface area contributed by atoms with Crippen LogP contribution in [0.25, 0.3) is 22.6 Å². The van der Waals surface area contributed by atoms with Crippen LogP contribution < -0.4 is 5.32 Å². The number of fused-ring (bicyclic) bond motifs is 1. The third kappa shape index (κ3) is 3.66. The van der Waals surface area contributed by atoms with E-state index in [4.69, 9.17) is 9.15 Å². The van der Waals surface area contributed by atoms with Crippen molar-refractivity contribution < 1.29 is 13.9 Å². The Balaban J connectivity index is 1.84. The fraction of sp³-hybridized carbons (Fsp3) is 0.235. The first-order chi connectivity index (χ1) is 10.9.